The molecule has 0 unspecified atom stereocenters. The van der Waals surface area contributed by atoms with Crippen LogP contribution in [-0.2, 0) is 6.54 Å². The number of nitrogens with zero attached hydrogens (tertiary/aromatic N) is 3. The van der Waals surface area contributed by atoms with Gasteiger partial charge in [-0.1, -0.05) is 43.7 Å². The molecule has 2 heterocycles. The van der Waals surface area contributed by atoms with Crippen molar-refractivity contribution in [3.8, 4) is 0 Å². The molecule has 1 N–H and O–H groups in total. The molecule has 0 aliphatic heterocycles. The van der Waals surface area contributed by atoms with Gasteiger partial charge in [0.25, 0.3) is 11.5 Å². The summed E-state index contributed by atoms with van der Waals surface area (Å²) in [7, 11) is 0. The summed E-state index contributed by atoms with van der Waals surface area (Å²) in [6, 6.07) is 9.67. The van der Waals surface area contributed by atoms with E-state index in [4.69, 9.17) is 0 Å². The molecule has 0 aliphatic rings. The molecule has 0 radical (unpaired) electrons. The third-order valence-corrected chi connectivity index (χ3v) is 4.51. The molecule has 0 atom stereocenters. The van der Waals surface area contributed by atoms with Gasteiger partial charge in [-0.15, -0.1) is 0 Å². The second-order valence-corrected chi connectivity index (χ2v) is 6.25. The molecule has 0 spiro atoms. The van der Waals surface area contributed by atoms with Gasteiger partial charge in [-0.05, 0) is 23.5 Å². The topological polar surface area (TPSA) is 76.9 Å². The summed E-state index contributed by atoms with van der Waals surface area (Å²) in [5, 5.41) is 2.83. The Morgan fingerprint density at radius 1 is 1.25 bits per heavy atom. The number of unbranched alkanes of at least 4 members (excludes halogenated alkanes) is 1. The van der Waals surface area contributed by atoms with E-state index in [0.717, 1.165) is 29.9 Å². The molecular weight excluding hydrogens is 324 g/mol. The van der Waals surface area contributed by atoms with Gasteiger partial charge in [0, 0.05) is 6.54 Å². The van der Waals surface area contributed by atoms with E-state index in [1.807, 2.05) is 30.3 Å². The van der Waals surface area contributed by atoms with Crippen LogP contribution in [0.5, 0.6) is 0 Å². The Morgan fingerprint density at radius 2 is 2.04 bits per heavy atom. The van der Waals surface area contributed by atoms with Crippen LogP contribution in [-0.4, -0.2) is 26.4 Å². The quantitative estimate of drug-likeness (QED) is 0.698. The largest absolute Gasteiger partial charge is 0.351 e. The molecule has 6 nitrogen and oxygen atoms in total. The van der Waals surface area contributed by atoms with Gasteiger partial charge in [-0.25, -0.2) is 4.98 Å². The van der Waals surface area contributed by atoms with E-state index in [-0.39, 0.29) is 17.0 Å². The Hall–Kier alpha value is -2.54. The number of amides is 1. The number of hydrogen-bond donors (Lipinski definition) is 1. The summed E-state index contributed by atoms with van der Waals surface area (Å²) in [6.07, 6.45) is 3.40. The van der Waals surface area contributed by atoms with Crippen LogP contribution >= 0.6 is 11.5 Å². The van der Waals surface area contributed by atoms with Crippen molar-refractivity contribution in [2.45, 2.75) is 26.3 Å². The first-order valence-electron chi connectivity index (χ1n) is 7.87. The highest BCUT2D eigenvalue weighted by Gasteiger charge is 2.18. The molecule has 1 amide bonds. The highest BCUT2D eigenvalue weighted by molar-refractivity contribution is 7.09. The smallest absolute Gasteiger partial charge is 0.281 e. The first-order chi connectivity index (χ1) is 11.7. The number of fused-ring (bicyclic) bond motifs is 1. The molecule has 3 aromatic rings. The zero-order chi connectivity index (χ0) is 16.9. The molecule has 24 heavy (non-hydrogen) atoms. The average Bonchev–Trinajstić information content (AvgIpc) is 3.03. The van der Waals surface area contributed by atoms with E-state index < -0.39 is 0 Å². The Morgan fingerprint density at radius 3 is 2.79 bits per heavy atom. The number of carbonyl (C=O) groups excluding carboxylic acids is 1. The average molecular weight is 342 g/mol. The van der Waals surface area contributed by atoms with Crippen LogP contribution in [0.1, 0.15) is 35.0 Å². The number of benzene rings is 1. The van der Waals surface area contributed by atoms with Crippen LogP contribution in [0.15, 0.2) is 41.5 Å². The first-order valence-corrected chi connectivity index (χ1v) is 8.65. The standard InChI is InChI=1S/C17H18N4O2S/c1-2-3-9-18-16(22)15-13-14(20-24-15)17(23)21(11-19-13)10-12-7-5-4-6-8-12/h4-8,11H,2-3,9-10H2,1H3,(H,18,22). The molecule has 7 heteroatoms. The Bertz CT molecular complexity index is 902. The van der Waals surface area contributed by atoms with E-state index in [9.17, 15) is 9.59 Å². The van der Waals surface area contributed by atoms with Gasteiger partial charge in [0.2, 0.25) is 0 Å². The molecule has 124 valence electrons. The van der Waals surface area contributed by atoms with Crippen molar-refractivity contribution in [2.75, 3.05) is 6.54 Å². The first kappa shape index (κ1) is 16.3. The van der Waals surface area contributed by atoms with Crippen LogP contribution in [0.25, 0.3) is 11.0 Å². The maximum absolute atomic E-state index is 12.6. The molecule has 0 fully saturated rings. The molecule has 3 rings (SSSR count). The molecule has 1 aromatic carbocycles. The van der Waals surface area contributed by atoms with Gasteiger partial charge in [-0.3, -0.25) is 14.2 Å². The fraction of sp³-hybridized carbons (Fsp3) is 0.294. The summed E-state index contributed by atoms with van der Waals surface area (Å²) in [5.41, 5.74) is 1.41. The van der Waals surface area contributed by atoms with Crippen molar-refractivity contribution in [2.24, 2.45) is 0 Å². The third-order valence-electron chi connectivity index (χ3n) is 3.68. The van der Waals surface area contributed by atoms with Crippen molar-refractivity contribution in [3.05, 3.63) is 57.5 Å². The minimum Gasteiger partial charge on any atom is -0.351 e. The Balaban J connectivity index is 1.88. The van der Waals surface area contributed by atoms with E-state index in [0.29, 0.717) is 23.5 Å². The minimum atomic E-state index is -0.229. The van der Waals surface area contributed by atoms with E-state index in [1.165, 1.54) is 10.9 Å². The lowest BCUT2D eigenvalue weighted by Gasteiger charge is -2.05. The number of nitrogens with one attached hydrogen (secondary N) is 1. The number of hydrogen-bond acceptors (Lipinski definition) is 5. The normalized spacial score (nSPS) is 10.9. The van der Waals surface area contributed by atoms with Crippen LogP contribution in [0.3, 0.4) is 0 Å². The van der Waals surface area contributed by atoms with E-state index >= 15 is 0 Å². The second-order valence-electron chi connectivity index (χ2n) is 5.48. The van der Waals surface area contributed by atoms with Crippen molar-refractivity contribution in [1.82, 2.24) is 19.2 Å². The lowest BCUT2D eigenvalue weighted by Crippen LogP contribution is -2.25. The number of carbonyl (C=O) groups is 1. The van der Waals surface area contributed by atoms with Crippen LogP contribution in [0.2, 0.25) is 0 Å². The monoisotopic (exact) mass is 342 g/mol. The molecule has 2 aromatic heterocycles. The van der Waals surface area contributed by atoms with Crippen LogP contribution in [0, 0.1) is 0 Å². The predicted octanol–water partition coefficient (Wildman–Crippen LogP) is 2.43. The fourth-order valence-corrected chi connectivity index (χ4v) is 3.10. The summed E-state index contributed by atoms with van der Waals surface area (Å²) >= 11 is 1.02. The predicted molar refractivity (Wildman–Crippen MR) is 94.5 cm³/mol. The summed E-state index contributed by atoms with van der Waals surface area (Å²) in [5.74, 6) is -0.219. The van der Waals surface area contributed by atoms with Gasteiger partial charge in [0.05, 0.1) is 12.9 Å². The zero-order valence-corrected chi connectivity index (χ0v) is 14.2. The van der Waals surface area contributed by atoms with Gasteiger partial charge >= 0.3 is 0 Å². The van der Waals surface area contributed by atoms with Crippen LogP contribution in [0.4, 0.5) is 0 Å². The lowest BCUT2D eigenvalue weighted by molar-refractivity contribution is 0.0958. The van der Waals surface area contributed by atoms with Crippen molar-refractivity contribution >= 4 is 28.5 Å². The Kier molecular flexibility index (Phi) is 5.00. The van der Waals surface area contributed by atoms with Crippen molar-refractivity contribution in [1.29, 1.82) is 0 Å². The highest BCUT2D eigenvalue weighted by Crippen LogP contribution is 2.17. The minimum absolute atomic E-state index is 0.219. The summed E-state index contributed by atoms with van der Waals surface area (Å²) in [6.45, 7) is 3.10. The second kappa shape index (κ2) is 7.35. The Labute approximate surface area is 143 Å². The van der Waals surface area contributed by atoms with Gasteiger partial charge in [0.1, 0.15) is 10.4 Å². The van der Waals surface area contributed by atoms with Crippen molar-refractivity contribution in [3.63, 3.8) is 0 Å². The maximum atomic E-state index is 12.6. The fourth-order valence-electron chi connectivity index (χ4n) is 2.36. The van der Waals surface area contributed by atoms with E-state index in [1.54, 1.807) is 0 Å². The molecule has 0 aliphatic carbocycles. The van der Waals surface area contributed by atoms with Crippen LogP contribution < -0.4 is 10.9 Å². The summed E-state index contributed by atoms with van der Waals surface area (Å²) < 4.78 is 5.66. The number of aromatic nitrogens is 3. The van der Waals surface area contributed by atoms with Gasteiger partial charge in [-0.2, -0.15) is 4.37 Å². The lowest BCUT2D eigenvalue weighted by atomic mass is 10.2. The molecular formula is C17H18N4O2S. The highest BCUT2D eigenvalue weighted by atomic mass is 32.1. The van der Waals surface area contributed by atoms with Gasteiger partial charge in [0.15, 0.2) is 5.52 Å². The third kappa shape index (κ3) is 3.35. The maximum Gasteiger partial charge on any atom is 0.281 e. The van der Waals surface area contributed by atoms with Crippen molar-refractivity contribution < 1.29 is 4.79 Å². The molecule has 0 bridgehead atoms. The molecule has 0 saturated heterocycles. The van der Waals surface area contributed by atoms with E-state index in [2.05, 4.69) is 21.6 Å². The molecule has 0 saturated carbocycles. The number of rotatable bonds is 6. The zero-order valence-electron chi connectivity index (χ0n) is 13.4. The SMILES string of the molecule is CCCCNC(=O)c1snc2c(=O)n(Cc3ccccc3)cnc12. The van der Waals surface area contributed by atoms with Gasteiger partial charge < -0.3 is 5.32 Å². The summed E-state index contributed by atoms with van der Waals surface area (Å²) in [4.78, 5) is 29.4.